The van der Waals surface area contributed by atoms with E-state index in [2.05, 4.69) is 0 Å². The van der Waals surface area contributed by atoms with Crippen LogP contribution < -0.4 is 0 Å². The van der Waals surface area contributed by atoms with Crippen molar-refractivity contribution in [2.24, 2.45) is 0 Å². The molecule has 0 saturated heterocycles. The zero-order valence-electron chi connectivity index (χ0n) is 2.76. The standard InChI is InChI=1S/C2H4O2.ClH.Mg.2H/c1-2(3)4;;;;/h1H3,(H,3,4);1H;;;. The van der Waals surface area contributed by atoms with Crippen molar-refractivity contribution in [2.45, 2.75) is 6.92 Å². The smallest absolute Gasteiger partial charge is 0.316 e. The van der Waals surface area contributed by atoms with Crippen LogP contribution in [0.4, 0.5) is 0 Å². The van der Waals surface area contributed by atoms with Crippen LogP contribution in [0, 0.1) is 0 Å². The first-order valence-electron chi connectivity index (χ1n) is 0.928. The molecular formula is C2H7ClMgO2. The van der Waals surface area contributed by atoms with E-state index in [-0.39, 0.29) is 35.5 Å². The maximum Gasteiger partial charge on any atom is 0.316 e. The molecule has 0 aromatic carbocycles. The van der Waals surface area contributed by atoms with E-state index in [1.165, 1.54) is 0 Å². The largest absolute Gasteiger partial charge is 0.481 e. The first-order chi connectivity index (χ1) is 1.73. The lowest BCUT2D eigenvalue weighted by Crippen LogP contribution is -1.78. The Morgan fingerprint density at radius 1 is 1.67 bits per heavy atom. The zero-order valence-corrected chi connectivity index (χ0v) is 3.58. The van der Waals surface area contributed by atoms with Crippen LogP contribution in [-0.4, -0.2) is 34.1 Å². The molecule has 0 aliphatic carbocycles. The SMILES string of the molecule is CC(=O)O.Cl.[MgH2]. The average Bonchev–Trinajstić information content (AvgIpc) is 0.811. The van der Waals surface area contributed by atoms with E-state index in [0.717, 1.165) is 6.92 Å². The molecule has 0 heterocycles. The van der Waals surface area contributed by atoms with Gasteiger partial charge in [0.25, 0.3) is 5.97 Å². The molecular weight excluding hydrogens is 116 g/mol. The first-order valence-corrected chi connectivity index (χ1v) is 0.928. The van der Waals surface area contributed by atoms with Gasteiger partial charge < -0.3 is 5.11 Å². The Morgan fingerprint density at radius 3 is 1.67 bits per heavy atom. The molecule has 0 saturated carbocycles. The minimum atomic E-state index is -0.833. The molecule has 0 bridgehead atoms. The third kappa shape index (κ3) is 203. The lowest BCUT2D eigenvalue weighted by Gasteiger charge is -1.59. The number of hydrogen-bond donors (Lipinski definition) is 1. The van der Waals surface area contributed by atoms with Crippen LogP contribution in [0.2, 0.25) is 0 Å². The Hall–Kier alpha value is 0.526. The molecule has 0 unspecified atom stereocenters. The highest BCUT2D eigenvalue weighted by molar-refractivity contribution is 5.85. The van der Waals surface area contributed by atoms with Gasteiger partial charge in [-0.15, -0.1) is 12.4 Å². The van der Waals surface area contributed by atoms with E-state index in [0.29, 0.717) is 0 Å². The number of carboxylic acid groups (broad SMARTS) is 1. The first kappa shape index (κ1) is 16.0. The number of rotatable bonds is 0. The van der Waals surface area contributed by atoms with Crippen molar-refractivity contribution in [3.63, 3.8) is 0 Å². The Labute approximate surface area is 58.5 Å². The molecule has 0 aliphatic heterocycles. The fourth-order valence-corrected chi connectivity index (χ4v) is 0. The monoisotopic (exact) mass is 122 g/mol. The molecule has 0 rings (SSSR count). The van der Waals surface area contributed by atoms with Crippen molar-refractivity contribution in [2.75, 3.05) is 0 Å². The van der Waals surface area contributed by atoms with E-state index in [1.54, 1.807) is 0 Å². The van der Waals surface area contributed by atoms with Crippen LogP contribution in [0.15, 0.2) is 0 Å². The minimum absolute atomic E-state index is 0. The molecule has 0 radical (unpaired) electrons. The van der Waals surface area contributed by atoms with Crippen LogP contribution >= 0.6 is 12.4 Å². The van der Waals surface area contributed by atoms with Gasteiger partial charge in [-0.25, -0.2) is 0 Å². The maximum atomic E-state index is 9.00. The molecule has 0 aromatic heterocycles. The van der Waals surface area contributed by atoms with Crippen molar-refractivity contribution in [1.82, 2.24) is 0 Å². The van der Waals surface area contributed by atoms with Crippen molar-refractivity contribution < 1.29 is 9.90 Å². The zero-order chi connectivity index (χ0) is 3.58. The summed E-state index contributed by atoms with van der Waals surface area (Å²) in [6.45, 7) is 1.08. The second-order valence-corrected chi connectivity index (χ2v) is 0.519. The summed E-state index contributed by atoms with van der Waals surface area (Å²) in [4.78, 5) is 9.00. The molecule has 0 fully saturated rings. The van der Waals surface area contributed by atoms with Crippen LogP contribution in [0.1, 0.15) is 6.92 Å². The molecule has 2 nitrogen and oxygen atoms in total. The Bertz CT molecular complexity index is 34.5. The summed E-state index contributed by atoms with van der Waals surface area (Å²) in [5.41, 5.74) is 0. The summed E-state index contributed by atoms with van der Waals surface area (Å²) in [5.74, 6) is -0.833. The summed E-state index contributed by atoms with van der Waals surface area (Å²) < 4.78 is 0. The lowest BCUT2D eigenvalue weighted by molar-refractivity contribution is -0.134. The third-order valence-corrected chi connectivity index (χ3v) is 0. The van der Waals surface area contributed by atoms with E-state index < -0.39 is 5.97 Å². The fourth-order valence-electron chi connectivity index (χ4n) is 0. The van der Waals surface area contributed by atoms with Gasteiger partial charge in [0.15, 0.2) is 0 Å². The number of aliphatic carboxylic acids is 1. The van der Waals surface area contributed by atoms with Crippen LogP contribution in [-0.2, 0) is 4.79 Å². The number of carbonyl (C=O) groups is 1. The Balaban J connectivity index is -0.0000000450. The van der Waals surface area contributed by atoms with E-state index in [1.807, 2.05) is 0 Å². The molecule has 0 aromatic rings. The van der Waals surface area contributed by atoms with Gasteiger partial charge in [0.2, 0.25) is 0 Å². The van der Waals surface area contributed by atoms with Crippen LogP contribution in [0.3, 0.4) is 0 Å². The van der Waals surface area contributed by atoms with E-state index in [4.69, 9.17) is 9.90 Å². The van der Waals surface area contributed by atoms with Crippen molar-refractivity contribution in [1.29, 1.82) is 0 Å². The number of halogens is 1. The summed E-state index contributed by atoms with van der Waals surface area (Å²) >= 11 is 0. The van der Waals surface area contributed by atoms with Gasteiger partial charge in [0, 0.05) is 6.92 Å². The lowest BCUT2D eigenvalue weighted by atomic mass is 10.9. The second kappa shape index (κ2) is 9.11. The molecule has 0 atom stereocenters. The predicted octanol–water partition coefficient (Wildman–Crippen LogP) is -0.404. The highest BCUT2D eigenvalue weighted by atomic mass is 35.5. The molecule has 1 N–H and O–H groups in total. The van der Waals surface area contributed by atoms with Gasteiger partial charge in [0.05, 0.1) is 0 Å². The van der Waals surface area contributed by atoms with E-state index in [9.17, 15) is 0 Å². The van der Waals surface area contributed by atoms with Crippen molar-refractivity contribution >= 4 is 41.4 Å². The normalized spacial score (nSPS) is 4.17. The van der Waals surface area contributed by atoms with Gasteiger partial charge in [-0.2, -0.15) is 0 Å². The van der Waals surface area contributed by atoms with Crippen LogP contribution in [0.5, 0.6) is 0 Å². The highest BCUT2D eigenvalue weighted by Crippen LogP contribution is 1.42. The van der Waals surface area contributed by atoms with Crippen molar-refractivity contribution in [3.05, 3.63) is 0 Å². The maximum absolute atomic E-state index is 9.00. The fraction of sp³-hybridized carbons (Fsp3) is 0.500. The molecule has 0 amide bonds. The summed E-state index contributed by atoms with van der Waals surface area (Å²) in [5, 5.41) is 7.42. The minimum Gasteiger partial charge on any atom is -0.481 e. The Kier molecular flexibility index (Phi) is 24.3. The quantitative estimate of drug-likeness (QED) is 0.444. The predicted molar refractivity (Wildman–Crippen MR) is 29.1 cm³/mol. The number of carboxylic acids is 1. The van der Waals surface area contributed by atoms with Crippen LogP contribution in [0.25, 0.3) is 0 Å². The Morgan fingerprint density at radius 2 is 1.67 bits per heavy atom. The van der Waals surface area contributed by atoms with Gasteiger partial charge >= 0.3 is 23.1 Å². The molecule has 0 aliphatic rings. The number of hydrogen-bond acceptors (Lipinski definition) is 1. The third-order valence-electron chi connectivity index (χ3n) is 0. The average molecular weight is 123 g/mol. The molecule has 6 heavy (non-hydrogen) atoms. The van der Waals surface area contributed by atoms with Gasteiger partial charge in [-0.05, 0) is 0 Å². The highest BCUT2D eigenvalue weighted by Gasteiger charge is 1.65. The molecule has 4 heteroatoms. The summed E-state index contributed by atoms with van der Waals surface area (Å²) in [7, 11) is 0. The van der Waals surface area contributed by atoms with Gasteiger partial charge in [-0.1, -0.05) is 0 Å². The van der Waals surface area contributed by atoms with Crippen molar-refractivity contribution in [3.8, 4) is 0 Å². The summed E-state index contributed by atoms with van der Waals surface area (Å²) in [6, 6.07) is 0. The summed E-state index contributed by atoms with van der Waals surface area (Å²) in [6.07, 6.45) is 0. The second-order valence-electron chi connectivity index (χ2n) is 0.519. The molecule has 36 valence electrons. The molecule has 0 spiro atoms. The topological polar surface area (TPSA) is 37.3 Å². The van der Waals surface area contributed by atoms with Gasteiger partial charge in [0.1, 0.15) is 0 Å². The van der Waals surface area contributed by atoms with Gasteiger partial charge in [-0.3, -0.25) is 4.79 Å². The van der Waals surface area contributed by atoms with E-state index >= 15 is 0 Å².